The molecule has 3 rings (SSSR count). The molecule has 0 radical (unpaired) electrons. The maximum atomic E-state index is 12.5. The Kier molecular flexibility index (Phi) is 7.07. The topological polar surface area (TPSA) is 121 Å². The van der Waals surface area contributed by atoms with Crippen LogP contribution in [0, 0.1) is 0 Å². The van der Waals surface area contributed by atoms with E-state index >= 15 is 0 Å². The molecule has 1 amide bonds. The van der Waals surface area contributed by atoms with Gasteiger partial charge in [-0.25, -0.2) is 16.8 Å². The minimum Gasteiger partial charge on any atom is -0.322 e. The molecule has 11 heteroatoms. The standard InChI is InChI=1S/C21H20ClN3O5S2/c1-2-31(27,28)24-18-8-6-15(7-9-18)21(26)23-17-10-12-20(13-11-17)32(29,30)25-19-5-3-4-16(22)14-19/h3-14,24-25H,2H2,1H3,(H,23,26). The average molecular weight is 494 g/mol. The number of amides is 1. The number of rotatable bonds is 8. The Morgan fingerprint density at radius 3 is 2.03 bits per heavy atom. The van der Waals surface area contributed by atoms with E-state index in [1.165, 1.54) is 61.5 Å². The van der Waals surface area contributed by atoms with Gasteiger partial charge >= 0.3 is 0 Å². The highest BCUT2D eigenvalue weighted by Gasteiger charge is 2.15. The highest BCUT2D eigenvalue weighted by Crippen LogP contribution is 2.21. The number of carbonyl (C=O) groups is 1. The first-order valence-electron chi connectivity index (χ1n) is 9.38. The molecule has 168 valence electrons. The van der Waals surface area contributed by atoms with Crippen molar-refractivity contribution in [1.29, 1.82) is 0 Å². The number of sulfonamides is 2. The SMILES string of the molecule is CCS(=O)(=O)Nc1ccc(C(=O)Nc2ccc(S(=O)(=O)Nc3cccc(Cl)c3)cc2)cc1. The molecular weight excluding hydrogens is 474 g/mol. The average Bonchev–Trinajstić information content (AvgIpc) is 2.74. The molecule has 0 saturated heterocycles. The molecule has 0 saturated carbocycles. The summed E-state index contributed by atoms with van der Waals surface area (Å²) in [5.41, 5.74) is 1.39. The number of nitrogens with one attached hydrogen (secondary N) is 3. The van der Waals surface area contributed by atoms with Crippen LogP contribution < -0.4 is 14.8 Å². The van der Waals surface area contributed by atoms with Gasteiger partial charge in [-0.15, -0.1) is 0 Å². The number of hydrogen-bond acceptors (Lipinski definition) is 5. The van der Waals surface area contributed by atoms with E-state index in [4.69, 9.17) is 11.6 Å². The summed E-state index contributed by atoms with van der Waals surface area (Å²) in [5, 5.41) is 3.06. The second kappa shape index (κ2) is 9.60. The van der Waals surface area contributed by atoms with Crippen LogP contribution in [0.3, 0.4) is 0 Å². The normalized spacial score (nSPS) is 11.6. The molecule has 0 aliphatic carbocycles. The molecule has 0 fully saturated rings. The van der Waals surface area contributed by atoms with Crippen molar-refractivity contribution in [2.24, 2.45) is 0 Å². The van der Waals surface area contributed by atoms with Gasteiger partial charge in [-0.1, -0.05) is 17.7 Å². The van der Waals surface area contributed by atoms with Gasteiger partial charge < -0.3 is 5.32 Å². The first-order chi connectivity index (χ1) is 15.1. The van der Waals surface area contributed by atoms with Gasteiger partial charge in [0.1, 0.15) is 0 Å². The Morgan fingerprint density at radius 1 is 0.812 bits per heavy atom. The van der Waals surface area contributed by atoms with Gasteiger partial charge in [0, 0.05) is 22.0 Å². The summed E-state index contributed by atoms with van der Waals surface area (Å²) in [6.45, 7) is 1.52. The Hall–Kier alpha value is -3.08. The van der Waals surface area contributed by atoms with Crippen molar-refractivity contribution in [3.8, 4) is 0 Å². The van der Waals surface area contributed by atoms with Gasteiger partial charge in [0.2, 0.25) is 10.0 Å². The predicted molar refractivity (Wildman–Crippen MR) is 126 cm³/mol. The van der Waals surface area contributed by atoms with Crippen molar-refractivity contribution in [1.82, 2.24) is 0 Å². The van der Waals surface area contributed by atoms with Gasteiger partial charge in [-0.3, -0.25) is 14.2 Å². The monoisotopic (exact) mass is 493 g/mol. The first-order valence-corrected chi connectivity index (χ1v) is 12.9. The van der Waals surface area contributed by atoms with E-state index in [1.807, 2.05) is 0 Å². The zero-order valence-electron chi connectivity index (χ0n) is 16.9. The van der Waals surface area contributed by atoms with Crippen molar-refractivity contribution in [3.05, 3.63) is 83.4 Å². The minimum atomic E-state index is -3.83. The second-order valence-corrected chi connectivity index (χ2v) is 10.8. The number of benzene rings is 3. The minimum absolute atomic E-state index is 0.0167. The molecule has 0 aliphatic heterocycles. The summed E-state index contributed by atoms with van der Waals surface area (Å²) >= 11 is 5.88. The van der Waals surface area contributed by atoms with Crippen LogP contribution in [-0.4, -0.2) is 28.5 Å². The fraction of sp³-hybridized carbons (Fsp3) is 0.0952. The summed E-state index contributed by atoms with van der Waals surface area (Å²) in [6.07, 6.45) is 0. The summed E-state index contributed by atoms with van der Waals surface area (Å²) < 4.78 is 53.1. The van der Waals surface area contributed by atoms with Crippen LogP contribution in [0.15, 0.2) is 77.7 Å². The molecule has 0 atom stereocenters. The molecule has 0 unspecified atom stereocenters. The maximum absolute atomic E-state index is 12.5. The van der Waals surface area contributed by atoms with E-state index in [0.29, 0.717) is 27.6 Å². The van der Waals surface area contributed by atoms with Gasteiger partial charge in [0.15, 0.2) is 0 Å². The molecule has 0 spiro atoms. The van der Waals surface area contributed by atoms with Crippen LogP contribution in [0.5, 0.6) is 0 Å². The van der Waals surface area contributed by atoms with Crippen molar-refractivity contribution in [3.63, 3.8) is 0 Å². The van der Waals surface area contributed by atoms with Crippen molar-refractivity contribution in [2.75, 3.05) is 20.5 Å². The van der Waals surface area contributed by atoms with Gasteiger partial charge in [-0.05, 0) is 73.7 Å². The van der Waals surface area contributed by atoms with Crippen molar-refractivity contribution >= 4 is 54.6 Å². The third-order valence-corrected chi connectivity index (χ3v) is 7.24. The fourth-order valence-corrected chi connectivity index (χ4v) is 4.51. The largest absolute Gasteiger partial charge is 0.322 e. The van der Waals surface area contributed by atoms with Crippen molar-refractivity contribution < 1.29 is 21.6 Å². The smallest absolute Gasteiger partial charge is 0.261 e. The number of carbonyl (C=O) groups excluding carboxylic acids is 1. The Bertz CT molecular complexity index is 1320. The molecule has 0 bridgehead atoms. The zero-order chi connectivity index (χ0) is 23.4. The van der Waals surface area contributed by atoms with Crippen LogP contribution in [0.25, 0.3) is 0 Å². The lowest BCUT2D eigenvalue weighted by Crippen LogP contribution is -2.15. The van der Waals surface area contributed by atoms with Crippen LogP contribution in [0.1, 0.15) is 17.3 Å². The number of anilines is 3. The first kappa shape index (κ1) is 23.6. The lowest BCUT2D eigenvalue weighted by molar-refractivity contribution is 0.102. The van der Waals surface area contributed by atoms with Crippen LogP contribution in [0.2, 0.25) is 5.02 Å². The molecule has 0 heterocycles. The van der Waals surface area contributed by atoms with E-state index < -0.39 is 26.0 Å². The molecule has 32 heavy (non-hydrogen) atoms. The third-order valence-electron chi connectivity index (χ3n) is 4.30. The Morgan fingerprint density at radius 2 is 1.44 bits per heavy atom. The number of halogens is 1. The molecule has 3 N–H and O–H groups in total. The van der Waals surface area contributed by atoms with E-state index in [9.17, 15) is 21.6 Å². The lowest BCUT2D eigenvalue weighted by Gasteiger charge is -2.10. The Balaban J connectivity index is 1.66. The quantitative estimate of drug-likeness (QED) is 0.435. The highest BCUT2D eigenvalue weighted by atomic mass is 35.5. The molecular formula is C21H20ClN3O5S2. The summed E-state index contributed by atoms with van der Waals surface area (Å²) in [4.78, 5) is 12.4. The summed E-state index contributed by atoms with van der Waals surface area (Å²) in [6, 6.07) is 17.9. The molecule has 3 aromatic carbocycles. The van der Waals surface area contributed by atoms with E-state index in [0.717, 1.165) is 0 Å². The molecule has 8 nitrogen and oxygen atoms in total. The van der Waals surface area contributed by atoms with E-state index in [-0.39, 0.29) is 10.6 Å². The Labute approximate surface area is 191 Å². The van der Waals surface area contributed by atoms with E-state index in [1.54, 1.807) is 18.2 Å². The van der Waals surface area contributed by atoms with Crippen LogP contribution in [0.4, 0.5) is 17.1 Å². The third kappa shape index (κ3) is 6.22. The van der Waals surface area contributed by atoms with Gasteiger partial charge in [-0.2, -0.15) is 0 Å². The molecule has 0 aliphatic rings. The summed E-state index contributed by atoms with van der Waals surface area (Å²) in [7, 11) is -7.23. The van der Waals surface area contributed by atoms with E-state index in [2.05, 4.69) is 14.8 Å². The molecule has 3 aromatic rings. The predicted octanol–water partition coefficient (Wildman–Crippen LogP) is 4.15. The van der Waals surface area contributed by atoms with Crippen LogP contribution in [-0.2, 0) is 20.0 Å². The fourth-order valence-electron chi connectivity index (χ4n) is 2.63. The lowest BCUT2D eigenvalue weighted by atomic mass is 10.2. The van der Waals surface area contributed by atoms with Gasteiger partial charge in [0.05, 0.1) is 16.3 Å². The van der Waals surface area contributed by atoms with Crippen molar-refractivity contribution in [2.45, 2.75) is 11.8 Å². The summed E-state index contributed by atoms with van der Waals surface area (Å²) in [5.74, 6) is -0.488. The highest BCUT2D eigenvalue weighted by molar-refractivity contribution is 7.93. The van der Waals surface area contributed by atoms with Crippen LogP contribution >= 0.6 is 11.6 Å². The molecule has 0 aromatic heterocycles. The zero-order valence-corrected chi connectivity index (χ0v) is 19.3. The number of hydrogen-bond donors (Lipinski definition) is 3. The maximum Gasteiger partial charge on any atom is 0.261 e. The van der Waals surface area contributed by atoms with Gasteiger partial charge in [0.25, 0.3) is 15.9 Å². The second-order valence-electron chi connectivity index (χ2n) is 6.68.